The van der Waals surface area contributed by atoms with Gasteiger partial charge in [0.05, 0.1) is 0 Å². The lowest BCUT2D eigenvalue weighted by molar-refractivity contribution is 0.318. The molecule has 4 nitrogen and oxygen atoms in total. The van der Waals surface area contributed by atoms with Gasteiger partial charge in [0.1, 0.15) is 0 Å². The van der Waals surface area contributed by atoms with Gasteiger partial charge in [0.15, 0.2) is 5.84 Å². The molecule has 0 fully saturated rings. The minimum atomic E-state index is 0.147. The van der Waals surface area contributed by atoms with Gasteiger partial charge in [-0.3, -0.25) is 0 Å². The quantitative estimate of drug-likeness (QED) is 0.280. The average Bonchev–Trinajstić information content (AvgIpc) is 2.85. The van der Waals surface area contributed by atoms with Crippen LogP contribution in [-0.4, -0.2) is 27.1 Å². The van der Waals surface area contributed by atoms with Gasteiger partial charge in [-0.25, -0.2) is 0 Å². The van der Waals surface area contributed by atoms with E-state index in [-0.39, 0.29) is 5.84 Å². The molecule has 2 aromatic rings. The van der Waals surface area contributed by atoms with Crippen LogP contribution in [0.3, 0.4) is 0 Å². The molecule has 0 spiro atoms. The summed E-state index contributed by atoms with van der Waals surface area (Å²) in [5.41, 5.74) is 7.53. The molecule has 0 radical (unpaired) electrons. The number of amidine groups is 1. The fourth-order valence-electron chi connectivity index (χ4n) is 2.09. The molecule has 0 unspecified atom stereocenters. The minimum absolute atomic E-state index is 0.147. The number of benzene rings is 1. The van der Waals surface area contributed by atoms with Crippen molar-refractivity contribution < 1.29 is 5.21 Å². The van der Waals surface area contributed by atoms with Gasteiger partial charge in [0.25, 0.3) is 0 Å². The molecule has 0 aliphatic rings. The monoisotopic (exact) mass is 277 g/mol. The standard InChI is InChI=1S/C14H19N3OS/c1-2-19-9-3-7-17-8-6-11-10-12(14(15)16-18)4-5-13(11)17/h4-6,8,10,18H,2-3,7,9H2,1H3,(H2,15,16). The van der Waals surface area contributed by atoms with Crippen LogP contribution < -0.4 is 5.73 Å². The SMILES string of the molecule is CCSCCCn1ccc2cc(/C(N)=N/O)ccc21. The second-order valence-corrected chi connectivity index (χ2v) is 5.71. The summed E-state index contributed by atoms with van der Waals surface area (Å²) in [6.07, 6.45) is 3.27. The predicted octanol–water partition coefficient (Wildman–Crippen LogP) is 2.88. The number of oxime groups is 1. The van der Waals surface area contributed by atoms with E-state index in [0.29, 0.717) is 0 Å². The van der Waals surface area contributed by atoms with Crippen LogP contribution in [-0.2, 0) is 6.54 Å². The Morgan fingerprint density at radius 2 is 2.26 bits per heavy atom. The summed E-state index contributed by atoms with van der Waals surface area (Å²) >= 11 is 1.97. The van der Waals surface area contributed by atoms with Crippen LogP contribution in [0.15, 0.2) is 35.6 Å². The van der Waals surface area contributed by atoms with E-state index in [4.69, 9.17) is 10.9 Å². The Bertz CT molecular complexity index is 577. The van der Waals surface area contributed by atoms with Crippen molar-refractivity contribution in [2.24, 2.45) is 10.9 Å². The topological polar surface area (TPSA) is 63.5 Å². The van der Waals surface area contributed by atoms with Crippen LogP contribution in [0.5, 0.6) is 0 Å². The molecule has 0 saturated carbocycles. The molecule has 5 heteroatoms. The normalized spacial score (nSPS) is 12.2. The third-order valence-electron chi connectivity index (χ3n) is 3.07. The van der Waals surface area contributed by atoms with Gasteiger partial charge in [0, 0.05) is 29.2 Å². The Kier molecular flexibility index (Phi) is 4.74. The highest BCUT2D eigenvalue weighted by atomic mass is 32.2. The number of nitrogens with zero attached hydrogens (tertiary/aromatic N) is 2. The molecule has 1 aromatic heterocycles. The van der Waals surface area contributed by atoms with Crippen molar-refractivity contribution in [3.63, 3.8) is 0 Å². The number of nitrogens with two attached hydrogens (primary N) is 1. The van der Waals surface area contributed by atoms with E-state index in [1.807, 2.05) is 30.0 Å². The maximum Gasteiger partial charge on any atom is 0.170 e. The van der Waals surface area contributed by atoms with Gasteiger partial charge in [-0.05, 0) is 42.2 Å². The zero-order valence-electron chi connectivity index (χ0n) is 11.0. The Labute approximate surface area is 117 Å². The molecular weight excluding hydrogens is 258 g/mol. The number of thioether (sulfide) groups is 1. The van der Waals surface area contributed by atoms with Gasteiger partial charge < -0.3 is 15.5 Å². The van der Waals surface area contributed by atoms with Crippen molar-refractivity contribution in [2.45, 2.75) is 19.9 Å². The number of aromatic nitrogens is 1. The molecule has 0 saturated heterocycles. The van der Waals surface area contributed by atoms with Crippen molar-refractivity contribution >= 4 is 28.5 Å². The highest BCUT2D eigenvalue weighted by Gasteiger charge is 2.04. The largest absolute Gasteiger partial charge is 0.409 e. The van der Waals surface area contributed by atoms with Crippen molar-refractivity contribution in [3.8, 4) is 0 Å². The molecule has 0 bridgehead atoms. The summed E-state index contributed by atoms with van der Waals surface area (Å²) in [6.45, 7) is 3.21. The molecule has 1 aromatic carbocycles. The molecule has 1 heterocycles. The van der Waals surface area contributed by atoms with Gasteiger partial charge in [-0.15, -0.1) is 0 Å². The molecular formula is C14H19N3OS. The Balaban J connectivity index is 2.15. The first-order valence-electron chi connectivity index (χ1n) is 6.40. The summed E-state index contributed by atoms with van der Waals surface area (Å²) in [5.74, 6) is 2.52. The van der Waals surface area contributed by atoms with Crippen LogP contribution >= 0.6 is 11.8 Å². The lowest BCUT2D eigenvalue weighted by Gasteiger charge is -2.06. The third-order valence-corrected chi connectivity index (χ3v) is 4.05. The summed E-state index contributed by atoms with van der Waals surface area (Å²) < 4.78 is 2.25. The number of hydrogen-bond acceptors (Lipinski definition) is 3. The van der Waals surface area contributed by atoms with Crippen molar-refractivity contribution in [2.75, 3.05) is 11.5 Å². The summed E-state index contributed by atoms with van der Waals surface area (Å²) in [7, 11) is 0. The Morgan fingerprint density at radius 3 is 3.00 bits per heavy atom. The Hall–Kier alpha value is -1.62. The zero-order chi connectivity index (χ0) is 13.7. The molecule has 3 N–H and O–H groups in total. The fraction of sp³-hybridized carbons (Fsp3) is 0.357. The van der Waals surface area contributed by atoms with E-state index in [0.717, 1.165) is 17.5 Å². The molecule has 102 valence electrons. The van der Waals surface area contributed by atoms with Crippen LogP contribution in [0.25, 0.3) is 10.9 Å². The second kappa shape index (κ2) is 6.52. The summed E-state index contributed by atoms with van der Waals surface area (Å²) in [6, 6.07) is 7.92. The Morgan fingerprint density at radius 1 is 1.42 bits per heavy atom. The van der Waals surface area contributed by atoms with Crippen molar-refractivity contribution in [1.82, 2.24) is 4.57 Å². The lowest BCUT2D eigenvalue weighted by atomic mass is 10.1. The maximum absolute atomic E-state index is 8.69. The van der Waals surface area contributed by atoms with Crippen LogP contribution in [0.4, 0.5) is 0 Å². The fourth-order valence-corrected chi connectivity index (χ4v) is 2.72. The van der Waals surface area contributed by atoms with Gasteiger partial charge in [-0.1, -0.05) is 12.1 Å². The maximum atomic E-state index is 8.69. The van der Waals surface area contributed by atoms with Crippen LogP contribution in [0, 0.1) is 0 Å². The molecule has 19 heavy (non-hydrogen) atoms. The summed E-state index contributed by atoms with van der Waals surface area (Å²) in [4.78, 5) is 0. The van der Waals surface area contributed by atoms with Gasteiger partial charge >= 0.3 is 0 Å². The number of rotatable bonds is 6. The van der Waals surface area contributed by atoms with Crippen molar-refractivity contribution in [1.29, 1.82) is 0 Å². The van der Waals surface area contributed by atoms with E-state index in [1.54, 1.807) is 0 Å². The smallest absolute Gasteiger partial charge is 0.170 e. The average molecular weight is 277 g/mol. The second-order valence-electron chi connectivity index (χ2n) is 4.32. The number of aryl methyl sites for hydroxylation is 1. The summed E-state index contributed by atoms with van der Waals surface area (Å²) in [5, 5.41) is 12.8. The van der Waals surface area contributed by atoms with E-state index in [1.165, 1.54) is 23.4 Å². The first kappa shape index (κ1) is 13.8. The third kappa shape index (κ3) is 3.23. The molecule has 0 aliphatic carbocycles. The highest BCUT2D eigenvalue weighted by molar-refractivity contribution is 7.99. The lowest BCUT2D eigenvalue weighted by Crippen LogP contribution is -2.12. The predicted molar refractivity (Wildman–Crippen MR) is 82.1 cm³/mol. The first-order valence-corrected chi connectivity index (χ1v) is 7.56. The van der Waals surface area contributed by atoms with Crippen molar-refractivity contribution in [3.05, 3.63) is 36.0 Å². The van der Waals surface area contributed by atoms with E-state index >= 15 is 0 Å². The van der Waals surface area contributed by atoms with Gasteiger partial charge in [0.2, 0.25) is 0 Å². The minimum Gasteiger partial charge on any atom is -0.409 e. The molecule has 2 rings (SSSR count). The van der Waals surface area contributed by atoms with Crippen LogP contribution in [0.2, 0.25) is 0 Å². The van der Waals surface area contributed by atoms with E-state index in [9.17, 15) is 0 Å². The molecule has 0 aliphatic heterocycles. The van der Waals surface area contributed by atoms with Crippen LogP contribution in [0.1, 0.15) is 18.9 Å². The first-order chi connectivity index (χ1) is 9.26. The van der Waals surface area contributed by atoms with E-state index in [2.05, 4.69) is 28.9 Å². The highest BCUT2D eigenvalue weighted by Crippen LogP contribution is 2.18. The number of fused-ring (bicyclic) bond motifs is 1. The zero-order valence-corrected chi connectivity index (χ0v) is 11.9. The molecule has 0 atom stereocenters. The van der Waals surface area contributed by atoms with E-state index < -0.39 is 0 Å². The molecule has 0 amide bonds. The number of hydrogen-bond donors (Lipinski definition) is 2. The van der Waals surface area contributed by atoms with Gasteiger partial charge in [-0.2, -0.15) is 11.8 Å².